The first-order chi connectivity index (χ1) is 17.3. The number of carbonyl (C=O) groups is 3. The Morgan fingerprint density at radius 2 is 1.75 bits per heavy atom. The summed E-state index contributed by atoms with van der Waals surface area (Å²) < 4.78 is 13.0. The number of carbonyl (C=O) groups excluding carboxylic acids is 3. The predicted molar refractivity (Wildman–Crippen MR) is 132 cm³/mol. The largest absolute Gasteiger partial charge is 0.508 e. The van der Waals surface area contributed by atoms with Crippen molar-refractivity contribution in [1.82, 2.24) is 15.1 Å². The van der Waals surface area contributed by atoms with Crippen LogP contribution < -0.4 is 5.32 Å². The van der Waals surface area contributed by atoms with E-state index in [1.165, 1.54) is 54.8 Å². The smallest absolute Gasteiger partial charge is 0.255 e. The van der Waals surface area contributed by atoms with Gasteiger partial charge in [-0.2, -0.15) is 0 Å². The van der Waals surface area contributed by atoms with Crippen molar-refractivity contribution in [2.24, 2.45) is 0 Å². The molecule has 1 saturated carbocycles. The molecule has 3 aliphatic heterocycles. The first-order valence-electron chi connectivity index (χ1n) is 12.5. The minimum absolute atomic E-state index is 0.0941. The van der Waals surface area contributed by atoms with Crippen LogP contribution in [0.25, 0.3) is 0 Å². The monoisotopic (exact) mass is 513 g/mol. The minimum atomic E-state index is -0.611. The number of hydrogen-bond donors (Lipinski definition) is 2. The summed E-state index contributed by atoms with van der Waals surface area (Å²) in [5.41, 5.74) is 2.32. The van der Waals surface area contributed by atoms with Gasteiger partial charge < -0.3 is 10.0 Å². The van der Waals surface area contributed by atoms with Crippen LogP contribution in [0.2, 0.25) is 5.02 Å². The lowest BCUT2D eigenvalue weighted by atomic mass is 9.89. The third-order valence-electron chi connectivity index (χ3n) is 7.66. The second-order valence-corrected chi connectivity index (χ2v) is 10.4. The lowest BCUT2D eigenvalue weighted by Gasteiger charge is -2.43. The van der Waals surface area contributed by atoms with Gasteiger partial charge in [-0.15, -0.1) is 0 Å². The van der Waals surface area contributed by atoms with E-state index >= 15 is 0 Å². The SMILES string of the molecule is Fc1ccc(C2CN(C3CCCC3)C2)c(Cl)c1.O=C1CCC(N2Cc3cc(O)ccc3C2=O)C(=O)N1. The maximum absolute atomic E-state index is 13.0. The molecule has 3 fully saturated rings. The summed E-state index contributed by atoms with van der Waals surface area (Å²) in [6.45, 7) is 2.47. The summed E-state index contributed by atoms with van der Waals surface area (Å²) in [6.07, 6.45) is 6.04. The number of phenols is 1. The Bertz CT molecular complexity index is 1190. The molecule has 9 heteroatoms. The number of nitrogens with one attached hydrogen (secondary N) is 1. The highest BCUT2D eigenvalue weighted by Crippen LogP contribution is 2.37. The van der Waals surface area contributed by atoms with Crippen LogP contribution in [0.1, 0.15) is 65.9 Å². The number of hydrogen-bond acceptors (Lipinski definition) is 5. The molecule has 1 aliphatic carbocycles. The highest BCUT2D eigenvalue weighted by Gasteiger charge is 2.39. The Labute approximate surface area is 214 Å². The fourth-order valence-electron chi connectivity index (χ4n) is 5.67. The molecule has 0 radical (unpaired) electrons. The van der Waals surface area contributed by atoms with Gasteiger partial charge in [0.1, 0.15) is 17.6 Å². The number of halogens is 2. The second kappa shape index (κ2) is 10.2. The zero-order chi connectivity index (χ0) is 25.4. The van der Waals surface area contributed by atoms with E-state index in [0.29, 0.717) is 28.5 Å². The predicted octanol–water partition coefficient (Wildman–Crippen LogP) is 3.97. The first kappa shape index (κ1) is 24.7. The lowest BCUT2D eigenvalue weighted by Crippen LogP contribution is -2.52. The molecular formula is C27H29ClFN3O4. The van der Waals surface area contributed by atoms with Gasteiger partial charge in [0.2, 0.25) is 11.8 Å². The van der Waals surface area contributed by atoms with Crippen LogP contribution in [0, 0.1) is 5.82 Å². The summed E-state index contributed by atoms with van der Waals surface area (Å²) in [5.74, 6) is -0.611. The van der Waals surface area contributed by atoms with Crippen molar-refractivity contribution in [3.63, 3.8) is 0 Å². The zero-order valence-electron chi connectivity index (χ0n) is 19.9. The number of imide groups is 1. The minimum Gasteiger partial charge on any atom is -0.508 e. The topological polar surface area (TPSA) is 90.0 Å². The van der Waals surface area contributed by atoms with Crippen LogP contribution in [-0.2, 0) is 16.1 Å². The van der Waals surface area contributed by atoms with Crippen molar-refractivity contribution >= 4 is 29.3 Å². The average molecular weight is 514 g/mol. The molecule has 3 heterocycles. The van der Waals surface area contributed by atoms with Crippen LogP contribution in [0.15, 0.2) is 36.4 Å². The van der Waals surface area contributed by atoms with Gasteiger partial charge in [0.25, 0.3) is 5.91 Å². The number of piperidine rings is 1. The molecule has 0 spiro atoms. The molecule has 0 bridgehead atoms. The molecule has 1 unspecified atom stereocenters. The molecule has 4 aliphatic rings. The highest BCUT2D eigenvalue weighted by molar-refractivity contribution is 6.31. The van der Waals surface area contributed by atoms with E-state index in [1.807, 2.05) is 6.07 Å². The van der Waals surface area contributed by atoms with Crippen molar-refractivity contribution < 1.29 is 23.9 Å². The molecule has 0 aromatic heterocycles. The number of amides is 3. The molecule has 190 valence electrons. The Morgan fingerprint density at radius 1 is 1.00 bits per heavy atom. The van der Waals surface area contributed by atoms with Crippen LogP contribution in [0.5, 0.6) is 5.75 Å². The van der Waals surface area contributed by atoms with Crippen LogP contribution >= 0.6 is 11.6 Å². The fourth-order valence-corrected chi connectivity index (χ4v) is 5.99. The van der Waals surface area contributed by atoms with Gasteiger partial charge >= 0.3 is 0 Å². The van der Waals surface area contributed by atoms with E-state index < -0.39 is 11.9 Å². The highest BCUT2D eigenvalue weighted by atomic mass is 35.5. The number of benzene rings is 2. The normalized spacial score (nSPS) is 22.7. The van der Waals surface area contributed by atoms with Gasteiger partial charge in [0, 0.05) is 48.6 Å². The molecule has 1 atom stereocenters. The van der Waals surface area contributed by atoms with Crippen molar-refractivity contribution in [3.8, 4) is 5.75 Å². The van der Waals surface area contributed by atoms with Crippen LogP contribution in [-0.4, -0.2) is 57.8 Å². The molecule has 6 rings (SSSR count). The van der Waals surface area contributed by atoms with Gasteiger partial charge in [0.05, 0.1) is 0 Å². The van der Waals surface area contributed by atoms with Crippen LogP contribution in [0.4, 0.5) is 4.39 Å². The Hall–Kier alpha value is -2.97. The van der Waals surface area contributed by atoms with E-state index in [-0.39, 0.29) is 36.3 Å². The summed E-state index contributed by atoms with van der Waals surface area (Å²) in [6, 6.07) is 9.50. The summed E-state index contributed by atoms with van der Waals surface area (Å²) in [7, 11) is 0. The third kappa shape index (κ3) is 4.97. The third-order valence-corrected chi connectivity index (χ3v) is 7.99. The quantitative estimate of drug-likeness (QED) is 0.606. The molecule has 7 nitrogen and oxygen atoms in total. The van der Waals surface area contributed by atoms with E-state index in [9.17, 15) is 23.9 Å². The summed E-state index contributed by atoms with van der Waals surface area (Å²) >= 11 is 6.09. The number of aromatic hydroxyl groups is 1. The molecule has 2 N–H and O–H groups in total. The van der Waals surface area contributed by atoms with Gasteiger partial charge in [-0.3, -0.25) is 24.6 Å². The van der Waals surface area contributed by atoms with E-state index in [4.69, 9.17) is 11.6 Å². The van der Waals surface area contributed by atoms with Gasteiger partial charge in [-0.25, -0.2) is 4.39 Å². The van der Waals surface area contributed by atoms with Crippen molar-refractivity contribution in [3.05, 3.63) is 63.9 Å². The van der Waals surface area contributed by atoms with E-state index in [0.717, 1.165) is 24.7 Å². The van der Waals surface area contributed by atoms with Crippen LogP contribution in [0.3, 0.4) is 0 Å². The lowest BCUT2D eigenvalue weighted by molar-refractivity contribution is -0.136. The van der Waals surface area contributed by atoms with E-state index in [2.05, 4.69) is 10.2 Å². The molecule has 2 aromatic rings. The zero-order valence-corrected chi connectivity index (χ0v) is 20.6. The number of likely N-dealkylation sites (tertiary alicyclic amines) is 1. The first-order valence-corrected chi connectivity index (χ1v) is 12.8. The fraction of sp³-hybridized carbons (Fsp3) is 0.444. The van der Waals surface area contributed by atoms with Crippen molar-refractivity contribution in [2.75, 3.05) is 13.1 Å². The maximum atomic E-state index is 13.0. The number of nitrogens with zero attached hydrogens (tertiary/aromatic N) is 2. The van der Waals surface area contributed by atoms with Gasteiger partial charge in [-0.05, 0) is 60.7 Å². The summed E-state index contributed by atoms with van der Waals surface area (Å²) in [5, 5.41) is 12.2. The standard InChI is InChI=1S/C14H17ClFN.C13H12N2O4/c15-14-7-11(16)5-6-13(14)10-8-17(9-10)12-3-1-2-4-12;16-8-1-2-9-7(5-8)6-15(13(9)19)10-3-4-11(17)14-12(10)18/h5-7,10,12H,1-4,8-9H2;1-2,5,10,16H,3-4,6H2,(H,14,17,18). The molecule has 2 saturated heterocycles. The Morgan fingerprint density at radius 3 is 2.44 bits per heavy atom. The molecule has 3 amide bonds. The Kier molecular flexibility index (Phi) is 6.99. The maximum Gasteiger partial charge on any atom is 0.255 e. The molecular weight excluding hydrogens is 485 g/mol. The molecule has 36 heavy (non-hydrogen) atoms. The molecule has 2 aromatic carbocycles. The number of phenolic OH excluding ortho intramolecular Hbond substituents is 1. The van der Waals surface area contributed by atoms with Gasteiger partial charge in [-0.1, -0.05) is 30.5 Å². The Balaban J connectivity index is 0.000000149. The summed E-state index contributed by atoms with van der Waals surface area (Å²) in [4.78, 5) is 39.1. The van der Waals surface area contributed by atoms with Crippen molar-refractivity contribution in [1.29, 1.82) is 0 Å². The second-order valence-electron chi connectivity index (χ2n) is 10.00. The number of rotatable bonds is 3. The van der Waals surface area contributed by atoms with Gasteiger partial charge in [0.15, 0.2) is 0 Å². The average Bonchev–Trinajstić information content (AvgIpc) is 3.43. The van der Waals surface area contributed by atoms with E-state index in [1.54, 1.807) is 6.07 Å². The van der Waals surface area contributed by atoms with Crippen molar-refractivity contribution in [2.45, 2.75) is 63.1 Å². The number of fused-ring (bicyclic) bond motifs is 1.